The summed E-state index contributed by atoms with van der Waals surface area (Å²) >= 11 is 6.74. The number of allylic oxidation sites excluding steroid dienone is 1. The summed E-state index contributed by atoms with van der Waals surface area (Å²) < 4.78 is 0. The number of carbonyl (C=O) groups is 2. The van der Waals surface area contributed by atoms with Crippen LogP contribution < -0.4 is 0 Å². The molecule has 4 aliphatic carbocycles. The van der Waals surface area contributed by atoms with E-state index in [1.54, 1.807) is 6.08 Å². The molecule has 1 unspecified atom stereocenters. The molecule has 150 valence electrons. The van der Waals surface area contributed by atoms with Crippen LogP contribution in [-0.2, 0) is 9.59 Å². The van der Waals surface area contributed by atoms with Crippen molar-refractivity contribution in [2.75, 3.05) is 6.61 Å². The van der Waals surface area contributed by atoms with Gasteiger partial charge >= 0.3 is 0 Å². The molecule has 0 aromatic rings. The van der Waals surface area contributed by atoms with Crippen LogP contribution in [0.4, 0.5) is 0 Å². The number of halogens is 1. The van der Waals surface area contributed by atoms with Crippen molar-refractivity contribution in [3.63, 3.8) is 0 Å². The maximum atomic E-state index is 12.4. The second-order valence-electron chi connectivity index (χ2n) is 9.65. The van der Waals surface area contributed by atoms with Crippen molar-refractivity contribution in [2.24, 2.45) is 28.6 Å². The molecule has 3 N–H and O–H groups in total. The Bertz CT molecular complexity index is 719. The molecule has 0 aromatic heterocycles. The van der Waals surface area contributed by atoms with Gasteiger partial charge in [0.15, 0.2) is 11.6 Å². The van der Waals surface area contributed by atoms with E-state index in [0.29, 0.717) is 38.5 Å². The van der Waals surface area contributed by atoms with Gasteiger partial charge in [-0.3, -0.25) is 9.59 Å². The minimum atomic E-state index is -1.60. The number of Topliss-reactive ketones (excluding diaryl/α,β-unsaturated/α-hetero) is 1. The maximum Gasteiger partial charge on any atom is 0.190 e. The normalized spacial score (nSPS) is 51.9. The number of hydrogen-bond acceptors (Lipinski definition) is 5. The van der Waals surface area contributed by atoms with E-state index in [1.165, 1.54) is 0 Å². The second-order valence-corrected chi connectivity index (χ2v) is 10.2. The Morgan fingerprint density at radius 3 is 2.70 bits per heavy atom. The predicted molar refractivity (Wildman–Crippen MR) is 100 cm³/mol. The molecule has 0 radical (unpaired) electrons. The van der Waals surface area contributed by atoms with E-state index in [9.17, 15) is 24.9 Å². The Morgan fingerprint density at radius 1 is 1.33 bits per heavy atom. The molecular weight excluding hydrogens is 368 g/mol. The largest absolute Gasteiger partial charge is 0.393 e. The first-order chi connectivity index (χ1) is 12.6. The Kier molecular flexibility index (Phi) is 4.44. The average molecular weight is 397 g/mol. The van der Waals surface area contributed by atoms with Crippen molar-refractivity contribution in [3.8, 4) is 0 Å². The molecule has 8 atom stereocenters. The van der Waals surface area contributed by atoms with Crippen LogP contribution >= 0.6 is 11.6 Å². The van der Waals surface area contributed by atoms with Gasteiger partial charge in [0.25, 0.3) is 0 Å². The zero-order valence-electron chi connectivity index (χ0n) is 15.9. The Balaban J connectivity index is 1.77. The first kappa shape index (κ1) is 19.6. The average Bonchev–Trinajstić information content (AvgIpc) is 2.87. The molecule has 3 fully saturated rings. The van der Waals surface area contributed by atoms with Gasteiger partial charge in [-0.2, -0.15) is 0 Å². The fourth-order valence-corrected chi connectivity index (χ4v) is 7.80. The minimum absolute atomic E-state index is 0.0310. The SMILES string of the molecule is C[C@]12CCC(=O)C=C1C(Cl)C[C@@H]1[C@@H]2[C@@H](O)C[C@@]2(C)[C@H]1CC[C@]2(O)C(=O)CO. The molecule has 27 heavy (non-hydrogen) atoms. The van der Waals surface area contributed by atoms with E-state index in [4.69, 9.17) is 11.6 Å². The molecule has 0 aromatic carbocycles. The molecule has 0 aliphatic heterocycles. The summed E-state index contributed by atoms with van der Waals surface area (Å²) in [5, 5.41) is 31.6. The molecule has 0 spiro atoms. The molecule has 0 saturated heterocycles. The summed E-state index contributed by atoms with van der Waals surface area (Å²) in [6.07, 6.45) is 4.12. The van der Waals surface area contributed by atoms with E-state index in [1.807, 2.05) is 6.92 Å². The standard InChI is InChI=1S/C21H29ClO5/c1-19-5-3-11(24)7-14(19)15(22)8-12-13-4-6-21(27,17(26)10-23)20(13,2)9-16(25)18(12)19/h7,12-13,15-16,18,23,25,27H,3-6,8-10H2,1-2H3/t12-,13-,15?,16-,18+,19-,20-,21-/m0/s1. The molecule has 3 saturated carbocycles. The van der Waals surface area contributed by atoms with Gasteiger partial charge in [0.2, 0.25) is 0 Å². The number of hydrogen-bond donors (Lipinski definition) is 3. The van der Waals surface area contributed by atoms with Crippen molar-refractivity contribution in [1.29, 1.82) is 0 Å². The lowest BCUT2D eigenvalue weighted by atomic mass is 9.45. The van der Waals surface area contributed by atoms with Gasteiger partial charge in [0, 0.05) is 11.8 Å². The zero-order chi connectivity index (χ0) is 19.8. The van der Waals surface area contributed by atoms with Gasteiger partial charge in [-0.1, -0.05) is 13.8 Å². The van der Waals surface area contributed by atoms with Crippen LogP contribution in [0.25, 0.3) is 0 Å². The molecular formula is C21H29ClO5. The first-order valence-corrected chi connectivity index (χ1v) is 10.5. The van der Waals surface area contributed by atoms with Crippen LogP contribution in [0.1, 0.15) is 52.4 Å². The highest BCUT2D eigenvalue weighted by Gasteiger charge is 2.68. The summed E-state index contributed by atoms with van der Waals surface area (Å²) in [5.74, 6) is -0.339. The fraction of sp³-hybridized carbons (Fsp3) is 0.810. The molecule has 5 nitrogen and oxygen atoms in total. The number of aliphatic hydroxyl groups is 3. The Labute approximate surface area is 164 Å². The van der Waals surface area contributed by atoms with Crippen LogP contribution in [0, 0.1) is 28.6 Å². The van der Waals surface area contributed by atoms with Gasteiger partial charge in [-0.05, 0) is 66.9 Å². The molecule has 4 aliphatic rings. The first-order valence-electron chi connectivity index (χ1n) is 10.0. The predicted octanol–water partition coefficient (Wildman–Crippen LogP) is 2.00. The molecule has 0 bridgehead atoms. The van der Waals surface area contributed by atoms with Crippen molar-refractivity contribution >= 4 is 23.2 Å². The van der Waals surface area contributed by atoms with Gasteiger partial charge in [-0.15, -0.1) is 11.6 Å². The number of aliphatic hydroxyl groups excluding tert-OH is 2. The Hall–Kier alpha value is -0.750. The lowest BCUT2D eigenvalue weighted by Crippen LogP contribution is -2.63. The molecule has 0 amide bonds. The highest BCUT2D eigenvalue weighted by Crippen LogP contribution is 2.68. The van der Waals surface area contributed by atoms with E-state index < -0.39 is 29.5 Å². The van der Waals surface area contributed by atoms with Gasteiger partial charge in [0.05, 0.1) is 11.5 Å². The summed E-state index contributed by atoms with van der Waals surface area (Å²) in [6.45, 7) is 3.32. The quantitative estimate of drug-likeness (QED) is 0.620. The third-order valence-corrected chi connectivity index (χ3v) is 9.04. The Morgan fingerprint density at radius 2 is 2.04 bits per heavy atom. The number of alkyl halides is 1. The van der Waals surface area contributed by atoms with Gasteiger partial charge in [0.1, 0.15) is 12.2 Å². The second kappa shape index (κ2) is 6.12. The van der Waals surface area contributed by atoms with Gasteiger partial charge < -0.3 is 15.3 Å². The van der Waals surface area contributed by atoms with Gasteiger partial charge in [-0.25, -0.2) is 0 Å². The van der Waals surface area contributed by atoms with Crippen molar-refractivity contribution < 1.29 is 24.9 Å². The van der Waals surface area contributed by atoms with Crippen LogP contribution in [0.5, 0.6) is 0 Å². The van der Waals surface area contributed by atoms with Crippen molar-refractivity contribution in [2.45, 2.75) is 69.5 Å². The summed E-state index contributed by atoms with van der Waals surface area (Å²) in [7, 11) is 0. The van der Waals surface area contributed by atoms with Crippen LogP contribution in [0.2, 0.25) is 0 Å². The molecule has 0 heterocycles. The number of fused-ring (bicyclic) bond motifs is 5. The van der Waals surface area contributed by atoms with Crippen molar-refractivity contribution in [3.05, 3.63) is 11.6 Å². The number of carbonyl (C=O) groups excluding carboxylic acids is 2. The lowest BCUT2D eigenvalue weighted by Gasteiger charge is -2.61. The van der Waals surface area contributed by atoms with E-state index in [0.717, 1.165) is 5.57 Å². The topological polar surface area (TPSA) is 94.8 Å². The minimum Gasteiger partial charge on any atom is -0.393 e. The van der Waals surface area contributed by atoms with Crippen LogP contribution in [-0.4, -0.2) is 50.6 Å². The smallest absolute Gasteiger partial charge is 0.190 e. The fourth-order valence-electron chi connectivity index (χ4n) is 7.29. The summed E-state index contributed by atoms with van der Waals surface area (Å²) in [4.78, 5) is 24.4. The van der Waals surface area contributed by atoms with E-state index >= 15 is 0 Å². The van der Waals surface area contributed by atoms with E-state index in [-0.39, 0.29) is 34.3 Å². The molecule has 4 rings (SSSR count). The molecule has 6 heteroatoms. The van der Waals surface area contributed by atoms with Crippen molar-refractivity contribution in [1.82, 2.24) is 0 Å². The highest BCUT2D eigenvalue weighted by atomic mass is 35.5. The lowest BCUT2D eigenvalue weighted by molar-refractivity contribution is -0.182. The summed E-state index contributed by atoms with van der Waals surface area (Å²) in [5.41, 5.74) is -1.75. The van der Waals surface area contributed by atoms with E-state index in [2.05, 4.69) is 6.92 Å². The van der Waals surface area contributed by atoms with Crippen LogP contribution in [0.3, 0.4) is 0 Å². The number of ketones is 2. The monoisotopic (exact) mass is 396 g/mol. The maximum absolute atomic E-state index is 12.4. The highest BCUT2D eigenvalue weighted by molar-refractivity contribution is 6.23. The summed E-state index contributed by atoms with van der Waals surface area (Å²) in [6, 6.07) is 0. The van der Waals surface area contributed by atoms with Crippen LogP contribution in [0.15, 0.2) is 11.6 Å². The third-order valence-electron chi connectivity index (χ3n) is 8.63. The number of rotatable bonds is 2. The third kappa shape index (κ3) is 2.41. The zero-order valence-corrected chi connectivity index (χ0v) is 16.7.